The van der Waals surface area contributed by atoms with Crippen molar-refractivity contribution in [2.75, 3.05) is 13.1 Å². The molecular weight excluding hydrogens is 264 g/mol. The molecule has 2 heterocycles. The van der Waals surface area contributed by atoms with Crippen LogP contribution in [0.25, 0.3) is 11.3 Å². The van der Waals surface area contributed by atoms with Crippen molar-refractivity contribution >= 4 is 11.3 Å². The molecule has 0 spiro atoms. The largest absolute Gasteiger partial charge is 0.317 e. The summed E-state index contributed by atoms with van der Waals surface area (Å²) in [6.45, 7) is 8.79. The molecule has 2 nitrogen and oxygen atoms in total. The molecule has 1 aromatic heterocycles. The maximum Gasteiger partial charge on any atom is 0.0964 e. The smallest absolute Gasteiger partial charge is 0.0964 e. The van der Waals surface area contributed by atoms with Crippen molar-refractivity contribution in [1.29, 1.82) is 0 Å². The second-order valence-corrected chi connectivity index (χ2v) is 6.74. The number of nitrogens with one attached hydrogen (secondary N) is 1. The van der Waals surface area contributed by atoms with Crippen molar-refractivity contribution in [1.82, 2.24) is 10.3 Å². The maximum absolute atomic E-state index is 4.93. The Bertz CT molecular complexity index is 609. The van der Waals surface area contributed by atoms with Gasteiger partial charge in [-0.1, -0.05) is 6.07 Å². The van der Waals surface area contributed by atoms with Gasteiger partial charge in [0.25, 0.3) is 0 Å². The van der Waals surface area contributed by atoms with Crippen LogP contribution in [-0.2, 0) is 0 Å². The highest BCUT2D eigenvalue weighted by Crippen LogP contribution is 2.33. The van der Waals surface area contributed by atoms with Crippen molar-refractivity contribution in [2.45, 2.75) is 39.5 Å². The average Bonchev–Trinajstić information content (AvgIpc) is 2.93. The van der Waals surface area contributed by atoms with Gasteiger partial charge in [-0.25, -0.2) is 4.98 Å². The summed E-state index contributed by atoms with van der Waals surface area (Å²) < 4.78 is 0. The molecule has 0 radical (unpaired) electrons. The van der Waals surface area contributed by atoms with E-state index in [1.165, 1.54) is 40.1 Å². The molecule has 106 valence electrons. The molecule has 1 aliphatic rings. The minimum atomic E-state index is 0.654. The summed E-state index contributed by atoms with van der Waals surface area (Å²) in [7, 11) is 0. The van der Waals surface area contributed by atoms with Gasteiger partial charge in [0, 0.05) is 16.9 Å². The average molecular weight is 286 g/mol. The number of hydrogen-bond acceptors (Lipinski definition) is 3. The molecule has 3 heteroatoms. The Labute approximate surface area is 125 Å². The van der Waals surface area contributed by atoms with Gasteiger partial charge in [0.1, 0.15) is 0 Å². The van der Waals surface area contributed by atoms with Gasteiger partial charge >= 0.3 is 0 Å². The lowest BCUT2D eigenvalue weighted by Gasteiger charge is -2.20. The van der Waals surface area contributed by atoms with Gasteiger partial charge in [0.05, 0.1) is 10.7 Å². The van der Waals surface area contributed by atoms with E-state index in [-0.39, 0.29) is 0 Å². The van der Waals surface area contributed by atoms with E-state index in [9.17, 15) is 0 Å². The summed E-state index contributed by atoms with van der Waals surface area (Å²) in [5, 5.41) is 6.97. The van der Waals surface area contributed by atoms with Crippen molar-refractivity contribution in [3.05, 3.63) is 39.2 Å². The van der Waals surface area contributed by atoms with E-state index in [1.54, 1.807) is 0 Å². The van der Waals surface area contributed by atoms with E-state index in [0.717, 1.165) is 18.8 Å². The Hall–Kier alpha value is -1.19. The molecule has 0 aliphatic carbocycles. The number of thiazole rings is 1. The van der Waals surface area contributed by atoms with Crippen LogP contribution in [0.3, 0.4) is 0 Å². The summed E-state index contributed by atoms with van der Waals surface area (Å²) >= 11 is 1.83. The van der Waals surface area contributed by atoms with E-state index in [2.05, 4.69) is 43.6 Å². The first-order chi connectivity index (χ1) is 9.65. The van der Waals surface area contributed by atoms with Gasteiger partial charge in [-0.2, -0.15) is 0 Å². The first-order valence-corrected chi connectivity index (χ1v) is 8.27. The first kappa shape index (κ1) is 13.8. The number of hydrogen-bond donors (Lipinski definition) is 1. The Morgan fingerprint density at radius 3 is 2.50 bits per heavy atom. The zero-order valence-corrected chi connectivity index (χ0v) is 13.3. The monoisotopic (exact) mass is 286 g/mol. The van der Waals surface area contributed by atoms with Crippen LogP contribution >= 0.6 is 11.3 Å². The van der Waals surface area contributed by atoms with E-state index in [0.29, 0.717) is 5.92 Å². The van der Waals surface area contributed by atoms with Crippen molar-refractivity contribution in [3.63, 3.8) is 0 Å². The molecule has 0 saturated carbocycles. The van der Waals surface area contributed by atoms with Crippen LogP contribution in [0.15, 0.2) is 17.5 Å². The quantitative estimate of drug-likeness (QED) is 0.895. The molecule has 1 fully saturated rings. The maximum atomic E-state index is 4.93. The molecule has 0 unspecified atom stereocenters. The fourth-order valence-electron chi connectivity index (χ4n) is 2.90. The topological polar surface area (TPSA) is 24.9 Å². The zero-order valence-electron chi connectivity index (χ0n) is 12.5. The van der Waals surface area contributed by atoms with Crippen LogP contribution in [0.5, 0.6) is 0 Å². The third-order valence-electron chi connectivity index (χ3n) is 4.33. The number of piperidine rings is 1. The minimum Gasteiger partial charge on any atom is -0.317 e. The van der Waals surface area contributed by atoms with E-state index >= 15 is 0 Å². The van der Waals surface area contributed by atoms with Gasteiger partial charge < -0.3 is 5.32 Å². The Balaban J connectivity index is 1.91. The number of nitrogens with zero attached hydrogens (tertiary/aromatic N) is 1. The summed E-state index contributed by atoms with van der Waals surface area (Å²) in [4.78, 5) is 4.93. The first-order valence-electron chi connectivity index (χ1n) is 7.39. The predicted octanol–water partition coefficient (Wildman–Crippen LogP) is 4.20. The van der Waals surface area contributed by atoms with Crippen molar-refractivity contribution in [3.8, 4) is 11.3 Å². The molecule has 0 amide bonds. The molecule has 0 bridgehead atoms. The molecule has 1 saturated heterocycles. The molecule has 1 aliphatic heterocycles. The normalized spacial score (nSPS) is 16.6. The van der Waals surface area contributed by atoms with Crippen molar-refractivity contribution in [2.24, 2.45) is 0 Å². The fourth-order valence-corrected chi connectivity index (χ4v) is 3.90. The van der Waals surface area contributed by atoms with Crippen LogP contribution in [0, 0.1) is 20.8 Å². The molecule has 1 aromatic carbocycles. The lowest BCUT2D eigenvalue weighted by Crippen LogP contribution is -2.26. The van der Waals surface area contributed by atoms with Crippen LogP contribution in [0.4, 0.5) is 0 Å². The molecule has 1 N–H and O–H groups in total. The van der Waals surface area contributed by atoms with Gasteiger partial charge in [0.2, 0.25) is 0 Å². The zero-order chi connectivity index (χ0) is 14.1. The summed E-state index contributed by atoms with van der Waals surface area (Å²) in [6, 6.07) is 4.56. The van der Waals surface area contributed by atoms with Crippen molar-refractivity contribution < 1.29 is 0 Å². The Morgan fingerprint density at radius 1 is 1.05 bits per heavy atom. The SMILES string of the molecule is Cc1cc(C)c(-c2csc(C3CCNCC3)n2)cc1C. The predicted molar refractivity (Wildman–Crippen MR) is 86.6 cm³/mol. The van der Waals surface area contributed by atoms with Gasteiger partial charge in [0.15, 0.2) is 0 Å². The summed E-state index contributed by atoms with van der Waals surface area (Å²) in [5.74, 6) is 0.654. The Morgan fingerprint density at radius 2 is 1.75 bits per heavy atom. The highest BCUT2D eigenvalue weighted by atomic mass is 32.1. The van der Waals surface area contributed by atoms with Crippen LogP contribution in [0.2, 0.25) is 0 Å². The highest BCUT2D eigenvalue weighted by Gasteiger charge is 2.19. The highest BCUT2D eigenvalue weighted by molar-refractivity contribution is 7.10. The third kappa shape index (κ3) is 2.65. The fraction of sp³-hybridized carbons (Fsp3) is 0.471. The van der Waals surface area contributed by atoms with E-state index in [1.807, 2.05) is 11.3 Å². The summed E-state index contributed by atoms with van der Waals surface area (Å²) in [6.07, 6.45) is 2.44. The van der Waals surface area contributed by atoms with Crippen LogP contribution in [-0.4, -0.2) is 18.1 Å². The third-order valence-corrected chi connectivity index (χ3v) is 5.33. The molecule has 2 aromatic rings. The van der Waals surface area contributed by atoms with Gasteiger partial charge in [-0.3, -0.25) is 0 Å². The molecule has 20 heavy (non-hydrogen) atoms. The van der Waals surface area contributed by atoms with Gasteiger partial charge in [-0.05, 0) is 69.5 Å². The van der Waals surface area contributed by atoms with E-state index < -0.39 is 0 Å². The van der Waals surface area contributed by atoms with E-state index in [4.69, 9.17) is 4.98 Å². The number of aromatic nitrogens is 1. The second kappa shape index (κ2) is 5.66. The standard InChI is InChI=1S/C17H22N2S/c1-11-8-13(3)15(9-12(11)2)16-10-20-17(19-16)14-4-6-18-7-5-14/h8-10,14,18H,4-7H2,1-3H3. The molecule has 3 rings (SSSR count). The summed E-state index contributed by atoms with van der Waals surface area (Å²) in [5.41, 5.74) is 6.49. The lowest BCUT2D eigenvalue weighted by atomic mass is 9.98. The molecule has 0 atom stereocenters. The lowest BCUT2D eigenvalue weighted by molar-refractivity contribution is 0.459. The molecular formula is C17H22N2S. The van der Waals surface area contributed by atoms with Crippen LogP contribution < -0.4 is 5.32 Å². The number of aryl methyl sites for hydroxylation is 3. The number of rotatable bonds is 2. The Kier molecular flexibility index (Phi) is 3.90. The number of benzene rings is 1. The second-order valence-electron chi connectivity index (χ2n) is 5.85. The van der Waals surface area contributed by atoms with Gasteiger partial charge in [-0.15, -0.1) is 11.3 Å². The minimum absolute atomic E-state index is 0.654. The van der Waals surface area contributed by atoms with Crippen LogP contribution in [0.1, 0.15) is 40.5 Å².